The van der Waals surface area contributed by atoms with Crippen LogP contribution in [0.1, 0.15) is 20.3 Å². The Hall–Kier alpha value is -1.63. The quantitative estimate of drug-likeness (QED) is 0.603. The zero-order valence-corrected chi connectivity index (χ0v) is 11.9. The molecule has 0 saturated heterocycles. The van der Waals surface area contributed by atoms with Crippen LogP contribution in [0, 0.1) is 0 Å². The van der Waals surface area contributed by atoms with Gasteiger partial charge in [0.25, 0.3) is 0 Å². The summed E-state index contributed by atoms with van der Waals surface area (Å²) >= 11 is 0. The number of carbonyl (C=O) groups excluding carboxylic acids is 3. The van der Waals surface area contributed by atoms with Crippen molar-refractivity contribution in [1.82, 2.24) is 10.2 Å². The highest BCUT2D eigenvalue weighted by Crippen LogP contribution is 2.01. The second kappa shape index (κ2) is 9.32. The molecule has 0 aromatic carbocycles. The van der Waals surface area contributed by atoms with E-state index in [1.54, 1.807) is 6.92 Å². The van der Waals surface area contributed by atoms with Crippen LogP contribution in [0.2, 0.25) is 0 Å². The lowest BCUT2D eigenvalue weighted by atomic mass is 10.2. The molecule has 0 aliphatic heterocycles. The van der Waals surface area contributed by atoms with Gasteiger partial charge >= 0.3 is 11.9 Å². The van der Waals surface area contributed by atoms with Gasteiger partial charge in [0, 0.05) is 6.54 Å². The molecule has 110 valence electrons. The maximum atomic E-state index is 11.8. The summed E-state index contributed by atoms with van der Waals surface area (Å²) in [7, 11) is 2.50. The molecule has 0 aliphatic carbocycles. The van der Waals surface area contributed by atoms with Crippen molar-refractivity contribution in [3.63, 3.8) is 0 Å². The number of nitrogens with one attached hydrogen (secondary N) is 1. The van der Waals surface area contributed by atoms with E-state index in [0.29, 0.717) is 6.54 Å². The van der Waals surface area contributed by atoms with Gasteiger partial charge in [-0.15, -0.1) is 0 Å². The van der Waals surface area contributed by atoms with E-state index in [1.165, 1.54) is 19.1 Å². The standard InChI is InChI=1S/C12H22N2O5/c1-5-6-13-12(17)9(2)14(7-10(15)18-3)8-11(16)19-4/h9H,5-8H2,1-4H3,(H,13,17). The highest BCUT2D eigenvalue weighted by atomic mass is 16.5. The van der Waals surface area contributed by atoms with Crippen LogP contribution >= 0.6 is 0 Å². The molecule has 1 amide bonds. The molecule has 7 heteroatoms. The Bertz CT molecular complexity index is 301. The molecule has 7 nitrogen and oxygen atoms in total. The topological polar surface area (TPSA) is 84.9 Å². The van der Waals surface area contributed by atoms with Crippen molar-refractivity contribution < 1.29 is 23.9 Å². The Morgan fingerprint density at radius 3 is 1.95 bits per heavy atom. The predicted octanol–water partition coefficient (Wildman–Crippen LogP) is -0.451. The maximum Gasteiger partial charge on any atom is 0.319 e. The van der Waals surface area contributed by atoms with Crippen LogP contribution in [-0.2, 0) is 23.9 Å². The van der Waals surface area contributed by atoms with Gasteiger partial charge in [0.15, 0.2) is 0 Å². The number of rotatable bonds is 8. The summed E-state index contributed by atoms with van der Waals surface area (Å²) in [6, 6.07) is -0.621. The number of hydrogen-bond donors (Lipinski definition) is 1. The molecule has 0 aromatic heterocycles. The van der Waals surface area contributed by atoms with E-state index in [1.807, 2.05) is 6.92 Å². The summed E-state index contributed by atoms with van der Waals surface area (Å²) in [4.78, 5) is 35.8. The largest absolute Gasteiger partial charge is 0.468 e. The summed E-state index contributed by atoms with van der Waals surface area (Å²) in [5, 5.41) is 2.71. The Balaban J connectivity index is 4.65. The van der Waals surface area contributed by atoms with Gasteiger partial charge in [-0.05, 0) is 13.3 Å². The zero-order chi connectivity index (χ0) is 14.8. The highest BCUT2D eigenvalue weighted by molar-refractivity contribution is 5.83. The summed E-state index contributed by atoms with van der Waals surface area (Å²) in [5.41, 5.74) is 0. The van der Waals surface area contributed by atoms with Crippen molar-refractivity contribution in [3.05, 3.63) is 0 Å². The molecule has 1 N–H and O–H groups in total. The Morgan fingerprint density at radius 2 is 1.58 bits per heavy atom. The molecule has 0 fully saturated rings. The van der Waals surface area contributed by atoms with Gasteiger partial charge < -0.3 is 14.8 Å². The molecular formula is C12H22N2O5. The lowest BCUT2D eigenvalue weighted by Crippen LogP contribution is -2.49. The molecular weight excluding hydrogens is 252 g/mol. The molecule has 0 aromatic rings. The minimum Gasteiger partial charge on any atom is -0.468 e. The lowest BCUT2D eigenvalue weighted by molar-refractivity contribution is -0.147. The van der Waals surface area contributed by atoms with E-state index in [9.17, 15) is 14.4 Å². The molecule has 0 radical (unpaired) electrons. The van der Waals surface area contributed by atoms with E-state index >= 15 is 0 Å². The summed E-state index contributed by atoms with van der Waals surface area (Å²) in [6.45, 7) is 3.81. The zero-order valence-electron chi connectivity index (χ0n) is 11.9. The Kier molecular flexibility index (Phi) is 8.52. The first-order valence-corrected chi connectivity index (χ1v) is 6.11. The molecule has 0 spiro atoms. The van der Waals surface area contributed by atoms with E-state index in [-0.39, 0.29) is 19.0 Å². The number of nitrogens with zero attached hydrogens (tertiary/aromatic N) is 1. The normalized spacial score (nSPS) is 11.8. The minimum atomic E-state index is -0.621. The van der Waals surface area contributed by atoms with E-state index in [2.05, 4.69) is 14.8 Å². The van der Waals surface area contributed by atoms with Crippen molar-refractivity contribution in [2.24, 2.45) is 0 Å². The summed E-state index contributed by atoms with van der Waals surface area (Å²) in [5.74, 6) is -1.27. The Morgan fingerprint density at radius 1 is 1.11 bits per heavy atom. The van der Waals surface area contributed by atoms with Crippen LogP contribution in [-0.4, -0.2) is 62.6 Å². The van der Waals surface area contributed by atoms with Gasteiger partial charge in [-0.3, -0.25) is 19.3 Å². The lowest BCUT2D eigenvalue weighted by Gasteiger charge is -2.25. The number of amides is 1. The average Bonchev–Trinajstić information content (AvgIpc) is 2.42. The molecule has 0 aliphatic rings. The number of ether oxygens (including phenoxy) is 2. The van der Waals surface area contributed by atoms with Gasteiger partial charge in [0.1, 0.15) is 0 Å². The van der Waals surface area contributed by atoms with E-state index < -0.39 is 18.0 Å². The molecule has 0 saturated carbocycles. The molecule has 0 bridgehead atoms. The average molecular weight is 274 g/mol. The van der Waals surface area contributed by atoms with Crippen LogP contribution in [0.4, 0.5) is 0 Å². The molecule has 1 atom stereocenters. The first-order valence-electron chi connectivity index (χ1n) is 6.11. The fourth-order valence-corrected chi connectivity index (χ4v) is 1.35. The van der Waals surface area contributed by atoms with Crippen LogP contribution in [0.3, 0.4) is 0 Å². The van der Waals surface area contributed by atoms with Gasteiger partial charge in [0.2, 0.25) is 5.91 Å². The van der Waals surface area contributed by atoms with E-state index in [4.69, 9.17) is 0 Å². The second-order valence-electron chi connectivity index (χ2n) is 4.02. The Labute approximate surface area is 113 Å². The number of hydrogen-bond acceptors (Lipinski definition) is 6. The van der Waals surface area contributed by atoms with Gasteiger partial charge in [-0.25, -0.2) is 0 Å². The third-order valence-corrected chi connectivity index (χ3v) is 2.60. The van der Waals surface area contributed by atoms with Crippen LogP contribution in [0.5, 0.6) is 0 Å². The monoisotopic (exact) mass is 274 g/mol. The molecule has 0 rings (SSSR count). The second-order valence-corrected chi connectivity index (χ2v) is 4.02. The van der Waals surface area contributed by atoms with Crippen LogP contribution in [0.25, 0.3) is 0 Å². The molecule has 0 heterocycles. The predicted molar refractivity (Wildman–Crippen MR) is 68.4 cm³/mol. The number of carbonyl (C=O) groups is 3. The van der Waals surface area contributed by atoms with Crippen molar-refractivity contribution in [1.29, 1.82) is 0 Å². The smallest absolute Gasteiger partial charge is 0.319 e. The fraction of sp³-hybridized carbons (Fsp3) is 0.750. The van der Waals surface area contributed by atoms with E-state index in [0.717, 1.165) is 6.42 Å². The summed E-state index contributed by atoms with van der Waals surface area (Å²) in [6.07, 6.45) is 0.812. The maximum absolute atomic E-state index is 11.8. The third-order valence-electron chi connectivity index (χ3n) is 2.60. The first kappa shape index (κ1) is 17.4. The first-order chi connectivity index (χ1) is 8.96. The fourth-order valence-electron chi connectivity index (χ4n) is 1.35. The van der Waals surface area contributed by atoms with Gasteiger partial charge in [-0.2, -0.15) is 0 Å². The molecule has 1 unspecified atom stereocenters. The summed E-state index contributed by atoms with van der Waals surface area (Å²) < 4.78 is 9.09. The SMILES string of the molecule is CCCNC(=O)C(C)N(CC(=O)OC)CC(=O)OC. The van der Waals surface area contributed by atoms with Crippen LogP contribution in [0.15, 0.2) is 0 Å². The third kappa shape index (κ3) is 6.76. The number of methoxy groups -OCH3 is 2. The van der Waals surface area contributed by atoms with Crippen molar-refractivity contribution in [2.75, 3.05) is 33.9 Å². The minimum absolute atomic E-state index is 0.147. The van der Waals surface area contributed by atoms with Gasteiger partial charge in [-0.1, -0.05) is 6.92 Å². The molecule has 19 heavy (non-hydrogen) atoms. The van der Waals surface area contributed by atoms with Crippen molar-refractivity contribution in [2.45, 2.75) is 26.3 Å². The van der Waals surface area contributed by atoms with Gasteiger partial charge in [0.05, 0.1) is 33.4 Å². The highest BCUT2D eigenvalue weighted by Gasteiger charge is 2.25. The number of esters is 2. The van der Waals surface area contributed by atoms with Crippen LogP contribution < -0.4 is 5.32 Å². The van der Waals surface area contributed by atoms with Crippen molar-refractivity contribution >= 4 is 17.8 Å². The van der Waals surface area contributed by atoms with Crippen molar-refractivity contribution in [3.8, 4) is 0 Å².